The Labute approximate surface area is 158 Å². The van der Waals surface area contributed by atoms with Crippen molar-refractivity contribution >= 4 is 6.29 Å². The highest BCUT2D eigenvalue weighted by molar-refractivity contribution is 5.76. The Kier molecular flexibility index (Phi) is 5.86. The third kappa shape index (κ3) is 4.53. The van der Waals surface area contributed by atoms with Crippen molar-refractivity contribution in [3.63, 3.8) is 0 Å². The molecule has 0 bridgehead atoms. The summed E-state index contributed by atoms with van der Waals surface area (Å²) in [4.78, 5) is 15.3. The SMILES string of the molecule is CCOc1cc(C=O)ccc1OCc1nc(-c2ccc(C(C)C)cc2)no1. The lowest BCUT2D eigenvalue weighted by Gasteiger charge is -2.10. The van der Waals surface area contributed by atoms with Gasteiger partial charge in [-0.2, -0.15) is 4.98 Å². The number of aldehydes is 1. The predicted molar refractivity (Wildman–Crippen MR) is 101 cm³/mol. The standard InChI is InChI=1S/C21H22N2O4/c1-4-25-19-11-15(12-24)5-10-18(19)26-13-20-22-21(23-27-20)17-8-6-16(7-9-17)14(2)3/h5-12,14H,4,13H2,1-3H3. The fourth-order valence-corrected chi connectivity index (χ4v) is 2.57. The van der Waals surface area contributed by atoms with E-state index in [0.29, 0.717) is 41.3 Å². The predicted octanol–water partition coefficient (Wildman–Crippen LogP) is 4.65. The Morgan fingerprint density at radius 2 is 1.85 bits per heavy atom. The van der Waals surface area contributed by atoms with Crippen LogP contribution in [0.3, 0.4) is 0 Å². The van der Waals surface area contributed by atoms with E-state index in [0.717, 1.165) is 11.8 Å². The molecular formula is C21H22N2O4. The van der Waals surface area contributed by atoms with Crippen LogP contribution < -0.4 is 9.47 Å². The molecule has 0 N–H and O–H groups in total. The van der Waals surface area contributed by atoms with Crippen molar-refractivity contribution in [1.29, 1.82) is 0 Å². The molecule has 140 valence electrons. The summed E-state index contributed by atoms with van der Waals surface area (Å²) in [5.74, 6) is 2.37. The minimum Gasteiger partial charge on any atom is -0.490 e. The van der Waals surface area contributed by atoms with Crippen molar-refractivity contribution in [1.82, 2.24) is 10.1 Å². The second-order valence-electron chi connectivity index (χ2n) is 6.33. The highest BCUT2D eigenvalue weighted by Crippen LogP contribution is 2.29. The van der Waals surface area contributed by atoms with Crippen LogP contribution in [0.25, 0.3) is 11.4 Å². The lowest BCUT2D eigenvalue weighted by atomic mass is 10.0. The van der Waals surface area contributed by atoms with Gasteiger partial charge in [0.1, 0.15) is 6.29 Å². The summed E-state index contributed by atoms with van der Waals surface area (Å²) in [6, 6.07) is 13.1. The largest absolute Gasteiger partial charge is 0.490 e. The summed E-state index contributed by atoms with van der Waals surface area (Å²) in [6.07, 6.45) is 0.765. The molecule has 0 saturated heterocycles. The molecule has 6 nitrogen and oxygen atoms in total. The number of carbonyl (C=O) groups is 1. The van der Waals surface area contributed by atoms with E-state index in [1.54, 1.807) is 18.2 Å². The molecule has 0 fully saturated rings. The van der Waals surface area contributed by atoms with Gasteiger partial charge in [0.05, 0.1) is 6.61 Å². The fourth-order valence-electron chi connectivity index (χ4n) is 2.57. The van der Waals surface area contributed by atoms with E-state index in [1.165, 1.54) is 5.56 Å². The first-order valence-corrected chi connectivity index (χ1v) is 8.88. The van der Waals surface area contributed by atoms with Crippen LogP contribution in [0.15, 0.2) is 47.0 Å². The third-order valence-corrected chi connectivity index (χ3v) is 4.06. The highest BCUT2D eigenvalue weighted by Gasteiger charge is 2.12. The molecule has 1 aromatic heterocycles. The highest BCUT2D eigenvalue weighted by atomic mass is 16.5. The van der Waals surface area contributed by atoms with Crippen molar-refractivity contribution in [3.05, 3.63) is 59.5 Å². The van der Waals surface area contributed by atoms with Crippen LogP contribution >= 0.6 is 0 Å². The molecule has 6 heteroatoms. The molecule has 0 atom stereocenters. The van der Waals surface area contributed by atoms with Crippen LogP contribution in [0.5, 0.6) is 11.5 Å². The molecule has 3 aromatic rings. The van der Waals surface area contributed by atoms with Gasteiger partial charge in [-0.05, 0) is 36.6 Å². The summed E-state index contributed by atoms with van der Waals surface area (Å²) in [5.41, 5.74) is 2.67. The average Bonchev–Trinajstić information content (AvgIpc) is 3.16. The summed E-state index contributed by atoms with van der Waals surface area (Å²) >= 11 is 0. The molecule has 3 rings (SSSR count). The van der Waals surface area contributed by atoms with Crippen LogP contribution in [0.2, 0.25) is 0 Å². The summed E-state index contributed by atoms with van der Waals surface area (Å²) in [7, 11) is 0. The molecule has 0 amide bonds. The molecule has 0 spiro atoms. The molecule has 0 aliphatic heterocycles. The molecule has 27 heavy (non-hydrogen) atoms. The van der Waals surface area contributed by atoms with E-state index in [9.17, 15) is 4.79 Å². The van der Waals surface area contributed by atoms with Gasteiger partial charge < -0.3 is 14.0 Å². The van der Waals surface area contributed by atoms with E-state index in [1.807, 2.05) is 19.1 Å². The molecule has 0 radical (unpaired) electrons. The normalized spacial score (nSPS) is 10.8. The Morgan fingerprint density at radius 1 is 1.07 bits per heavy atom. The number of hydrogen-bond acceptors (Lipinski definition) is 6. The summed E-state index contributed by atoms with van der Waals surface area (Å²) in [5, 5.41) is 4.02. The number of benzene rings is 2. The van der Waals surface area contributed by atoms with E-state index in [4.69, 9.17) is 14.0 Å². The second kappa shape index (κ2) is 8.49. The van der Waals surface area contributed by atoms with Gasteiger partial charge in [-0.15, -0.1) is 0 Å². The van der Waals surface area contributed by atoms with Crippen LogP contribution in [-0.4, -0.2) is 23.0 Å². The second-order valence-corrected chi connectivity index (χ2v) is 6.33. The molecule has 0 aliphatic carbocycles. The third-order valence-electron chi connectivity index (χ3n) is 4.06. The number of aromatic nitrogens is 2. The van der Waals surface area contributed by atoms with Crippen molar-refractivity contribution in [2.24, 2.45) is 0 Å². The maximum atomic E-state index is 10.9. The Morgan fingerprint density at radius 3 is 2.52 bits per heavy atom. The van der Waals surface area contributed by atoms with Crippen molar-refractivity contribution < 1.29 is 18.8 Å². The van der Waals surface area contributed by atoms with Gasteiger partial charge in [-0.25, -0.2) is 0 Å². The minimum absolute atomic E-state index is 0.109. The van der Waals surface area contributed by atoms with Crippen molar-refractivity contribution in [3.8, 4) is 22.9 Å². The summed E-state index contributed by atoms with van der Waals surface area (Å²) in [6.45, 7) is 6.74. The van der Waals surface area contributed by atoms with Gasteiger partial charge in [0.25, 0.3) is 5.89 Å². The van der Waals surface area contributed by atoms with Gasteiger partial charge in [0, 0.05) is 11.1 Å². The van der Waals surface area contributed by atoms with E-state index >= 15 is 0 Å². The zero-order valence-corrected chi connectivity index (χ0v) is 15.6. The lowest BCUT2D eigenvalue weighted by molar-refractivity contribution is 0.112. The van der Waals surface area contributed by atoms with Crippen molar-refractivity contribution in [2.45, 2.75) is 33.3 Å². The van der Waals surface area contributed by atoms with Gasteiger partial charge in [-0.1, -0.05) is 43.3 Å². The Bertz CT molecular complexity index is 901. The number of carbonyl (C=O) groups excluding carboxylic acids is 1. The maximum absolute atomic E-state index is 10.9. The molecular weight excluding hydrogens is 344 g/mol. The summed E-state index contributed by atoms with van der Waals surface area (Å²) < 4.78 is 16.5. The van der Waals surface area contributed by atoms with Crippen LogP contribution in [0.4, 0.5) is 0 Å². The van der Waals surface area contributed by atoms with Crippen LogP contribution in [0.1, 0.15) is 48.5 Å². The van der Waals surface area contributed by atoms with Gasteiger partial charge in [0.2, 0.25) is 5.82 Å². The zero-order valence-electron chi connectivity index (χ0n) is 15.6. The Balaban J connectivity index is 1.70. The van der Waals surface area contributed by atoms with E-state index in [-0.39, 0.29) is 6.61 Å². The smallest absolute Gasteiger partial charge is 0.264 e. The molecule has 0 unspecified atom stereocenters. The maximum Gasteiger partial charge on any atom is 0.264 e. The number of nitrogens with zero attached hydrogens (tertiary/aromatic N) is 2. The molecule has 0 aliphatic rings. The number of hydrogen-bond donors (Lipinski definition) is 0. The molecule has 2 aromatic carbocycles. The van der Waals surface area contributed by atoms with E-state index < -0.39 is 0 Å². The van der Waals surface area contributed by atoms with Crippen LogP contribution in [0, 0.1) is 0 Å². The first-order chi connectivity index (χ1) is 13.1. The van der Waals surface area contributed by atoms with Gasteiger partial charge in [0.15, 0.2) is 18.1 Å². The van der Waals surface area contributed by atoms with Gasteiger partial charge >= 0.3 is 0 Å². The number of ether oxygens (including phenoxy) is 2. The van der Waals surface area contributed by atoms with Crippen molar-refractivity contribution in [2.75, 3.05) is 6.61 Å². The monoisotopic (exact) mass is 366 g/mol. The topological polar surface area (TPSA) is 74.5 Å². The molecule has 0 saturated carbocycles. The molecule has 1 heterocycles. The van der Waals surface area contributed by atoms with E-state index in [2.05, 4.69) is 36.1 Å². The zero-order chi connectivity index (χ0) is 19.2. The average molecular weight is 366 g/mol. The van der Waals surface area contributed by atoms with Gasteiger partial charge in [-0.3, -0.25) is 4.79 Å². The lowest BCUT2D eigenvalue weighted by Crippen LogP contribution is -2.00. The quantitative estimate of drug-likeness (QED) is 0.540. The fraction of sp³-hybridized carbons (Fsp3) is 0.286. The van der Waals surface area contributed by atoms with Crippen LogP contribution in [-0.2, 0) is 6.61 Å². The Hall–Kier alpha value is -3.15. The number of rotatable bonds is 8. The first kappa shape index (κ1) is 18.6. The minimum atomic E-state index is 0.109. The first-order valence-electron chi connectivity index (χ1n) is 8.88.